The van der Waals surface area contributed by atoms with E-state index >= 15 is 0 Å². The van der Waals surface area contributed by atoms with Gasteiger partial charge in [-0.2, -0.15) is 0 Å². The Hall–Kier alpha value is -1.23. The summed E-state index contributed by atoms with van der Waals surface area (Å²) in [4.78, 5) is 0. The summed E-state index contributed by atoms with van der Waals surface area (Å²) in [6.45, 7) is 0.194. The second-order valence-electron chi connectivity index (χ2n) is 4.16. The first kappa shape index (κ1) is 12.8. The van der Waals surface area contributed by atoms with Crippen LogP contribution in [0.4, 0.5) is 0 Å². The first-order valence-electron chi connectivity index (χ1n) is 5.68. The van der Waals surface area contributed by atoms with Gasteiger partial charge < -0.3 is 14.6 Å². The maximum atomic E-state index is 10.4. The smallest absolute Gasteiger partial charge is 0.231 e. The van der Waals surface area contributed by atoms with E-state index in [0.717, 1.165) is 4.47 Å². The average molecular weight is 342 g/mol. The zero-order chi connectivity index (χ0) is 13.4. The fourth-order valence-corrected chi connectivity index (χ4v) is 2.83. The lowest BCUT2D eigenvalue weighted by Crippen LogP contribution is -2.00. The van der Waals surface area contributed by atoms with Gasteiger partial charge >= 0.3 is 0 Å². The van der Waals surface area contributed by atoms with Crippen molar-refractivity contribution >= 4 is 27.5 Å². The number of halogens is 2. The topological polar surface area (TPSA) is 38.7 Å². The lowest BCUT2D eigenvalue weighted by Gasteiger charge is -2.14. The average Bonchev–Trinajstić information content (AvgIpc) is 2.87. The molecule has 3 rings (SSSR count). The maximum absolute atomic E-state index is 10.4. The fourth-order valence-electron chi connectivity index (χ4n) is 2.02. The van der Waals surface area contributed by atoms with Crippen molar-refractivity contribution in [1.82, 2.24) is 0 Å². The summed E-state index contributed by atoms with van der Waals surface area (Å²) in [5, 5.41) is 11.0. The number of benzene rings is 2. The van der Waals surface area contributed by atoms with E-state index in [1.165, 1.54) is 0 Å². The molecule has 1 aliphatic rings. The number of rotatable bonds is 2. The normalized spacial score (nSPS) is 14.5. The number of hydrogen-bond donors (Lipinski definition) is 1. The van der Waals surface area contributed by atoms with Gasteiger partial charge in [-0.3, -0.25) is 0 Å². The Bertz CT molecular complexity index is 630. The minimum Gasteiger partial charge on any atom is -0.454 e. The highest BCUT2D eigenvalue weighted by atomic mass is 79.9. The van der Waals surface area contributed by atoms with Crippen LogP contribution in [-0.2, 0) is 0 Å². The van der Waals surface area contributed by atoms with Crippen LogP contribution >= 0.6 is 27.5 Å². The Kier molecular flexibility index (Phi) is 3.39. The van der Waals surface area contributed by atoms with Gasteiger partial charge in [0.25, 0.3) is 0 Å². The van der Waals surface area contributed by atoms with Crippen LogP contribution in [0.5, 0.6) is 11.5 Å². The first-order valence-corrected chi connectivity index (χ1v) is 6.85. The standard InChI is InChI=1S/C14H10BrClO3/c15-10-5-8(6-12-14(10)19-7-18-12)13(17)9-3-1-2-4-11(9)16/h1-6,13,17H,7H2. The van der Waals surface area contributed by atoms with Gasteiger partial charge in [0.2, 0.25) is 6.79 Å². The van der Waals surface area contributed by atoms with Crippen molar-refractivity contribution in [3.63, 3.8) is 0 Å². The second-order valence-corrected chi connectivity index (χ2v) is 5.42. The number of fused-ring (bicyclic) bond motifs is 1. The molecule has 2 aromatic carbocycles. The van der Waals surface area contributed by atoms with Crippen LogP contribution in [0, 0.1) is 0 Å². The molecule has 0 fully saturated rings. The highest BCUT2D eigenvalue weighted by molar-refractivity contribution is 9.10. The molecule has 0 saturated heterocycles. The number of ether oxygens (including phenoxy) is 2. The summed E-state index contributed by atoms with van der Waals surface area (Å²) < 4.78 is 11.4. The van der Waals surface area contributed by atoms with E-state index in [0.29, 0.717) is 27.6 Å². The van der Waals surface area contributed by atoms with Gasteiger partial charge in [0.05, 0.1) is 4.47 Å². The summed E-state index contributed by atoms with van der Waals surface area (Å²) >= 11 is 9.51. The number of hydrogen-bond acceptors (Lipinski definition) is 3. The van der Waals surface area contributed by atoms with Crippen LogP contribution in [0.15, 0.2) is 40.9 Å². The molecule has 3 nitrogen and oxygen atoms in total. The largest absolute Gasteiger partial charge is 0.454 e. The van der Waals surface area contributed by atoms with E-state index in [4.69, 9.17) is 21.1 Å². The van der Waals surface area contributed by atoms with Crippen molar-refractivity contribution in [3.8, 4) is 11.5 Å². The van der Waals surface area contributed by atoms with Gasteiger partial charge in [0.1, 0.15) is 6.10 Å². The summed E-state index contributed by atoms with van der Waals surface area (Å²) in [5.74, 6) is 1.28. The van der Waals surface area contributed by atoms with E-state index in [9.17, 15) is 5.11 Å². The summed E-state index contributed by atoms with van der Waals surface area (Å²) in [6.07, 6.45) is -0.806. The third-order valence-electron chi connectivity index (χ3n) is 2.97. The van der Waals surface area contributed by atoms with Crippen molar-refractivity contribution in [2.75, 3.05) is 6.79 Å². The van der Waals surface area contributed by atoms with Crippen molar-refractivity contribution in [2.45, 2.75) is 6.10 Å². The number of aliphatic hydroxyl groups excluding tert-OH is 1. The number of aliphatic hydroxyl groups is 1. The van der Waals surface area contributed by atoms with Crippen molar-refractivity contribution in [2.24, 2.45) is 0 Å². The van der Waals surface area contributed by atoms with Crippen LogP contribution in [0.25, 0.3) is 0 Å². The van der Waals surface area contributed by atoms with Crippen molar-refractivity contribution in [3.05, 3.63) is 57.0 Å². The van der Waals surface area contributed by atoms with Crippen molar-refractivity contribution < 1.29 is 14.6 Å². The predicted octanol–water partition coefficient (Wildman–Crippen LogP) is 3.91. The van der Waals surface area contributed by atoms with Gasteiger partial charge in [0, 0.05) is 10.6 Å². The zero-order valence-corrected chi connectivity index (χ0v) is 12.1. The first-order chi connectivity index (χ1) is 9.16. The van der Waals surface area contributed by atoms with Crippen LogP contribution in [0.1, 0.15) is 17.2 Å². The maximum Gasteiger partial charge on any atom is 0.231 e. The molecule has 0 saturated carbocycles. The molecule has 1 atom stereocenters. The Morgan fingerprint density at radius 1 is 1.21 bits per heavy atom. The summed E-state index contributed by atoms with van der Waals surface area (Å²) in [6, 6.07) is 10.8. The summed E-state index contributed by atoms with van der Waals surface area (Å²) in [7, 11) is 0. The van der Waals surface area contributed by atoms with Gasteiger partial charge in [-0.05, 0) is 39.7 Å². The highest BCUT2D eigenvalue weighted by Crippen LogP contribution is 2.42. The monoisotopic (exact) mass is 340 g/mol. The molecule has 5 heteroatoms. The van der Waals surface area contributed by atoms with Crippen molar-refractivity contribution in [1.29, 1.82) is 0 Å². The molecule has 1 unspecified atom stereocenters. The minimum absolute atomic E-state index is 0.194. The Labute approximate surface area is 123 Å². The molecule has 1 heterocycles. The molecule has 0 radical (unpaired) electrons. The fraction of sp³-hybridized carbons (Fsp3) is 0.143. The Morgan fingerprint density at radius 3 is 2.79 bits per heavy atom. The lowest BCUT2D eigenvalue weighted by molar-refractivity contribution is 0.173. The molecule has 98 valence electrons. The molecule has 0 bridgehead atoms. The van der Waals surface area contributed by atoms with E-state index in [1.807, 2.05) is 18.2 Å². The van der Waals surface area contributed by atoms with Crippen LogP contribution in [-0.4, -0.2) is 11.9 Å². The van der Waals surface area contributed by atoms with Gasteiger partial charge in [-0.25, -0.2) is 0 Å². The van der Waals surface area contributed by atoms with Crippen LogP contribution in [0.2, 0.25) is 5.02 Å². The molecule has 0 amide bonds. The molecule has 0 spiro atoms. The van der Waals surface area contributed by atoms with Gasteiger partial charge in [-0.1, -0.05) is 29.8 Å². The van der Waals surface area contributed by atoms with E-state index in [-0.39, 0.29) is 6.79 Å². The molecular formula is C14H10BrClO3. The van der Waals surface area contributed by atoms with E-state index in [2.05, 4.69) is 15.9 Å². The lowest BCUT2D eigenvalue weighted by atomic mass is 10.0. The van der Waals surface area contributed by atoms with Gasteiger partial charge in [-0.15, -0.1) is 0 Å². The Balaban J connectivity index is 2.03. The molecule has 19 heavy (non-hydrogen) atoms. The predicted molar refractivity (Wildman–Crippen MR) is 75.8 cm³/mol. The molecule has 0 aromatic heterocycles. The third-order valence-corrected chi connectivity index (χ3v) is 3.90. The molecule has 1 N–H and O–H groups in total. The van der Waals surface area contributed by atoms with E-state index in [1.54, 1.807) is 18.2 Å². The second kappa shape index (κ2) is 5.04. The van der Waals surface area contributed by atoms with E-state index < -0.39 is 6.10 Å². The Morgan fingerprint density at radius 2 is 2.00 bits per heavy atom. The highest BCUT2D eigenvalue weighted by Gasteiger charge is 2.22. The molecule has 1 aliphatic heterocycles. The quantitative estimate of drug-likeness (QED) is 0.900. The van der Waals surface area contributed by atoms with Crippen LogP contribution in [0.3, 0.4) is 0 Å². The molecule has 0 aliphatic carbocycles. The zero-order valence-electron chi connectivity index (χ0n) is 9.77. The molecular weight excluding hydrogens is 332 g/mol. The van der Waals surface area contributed by atoms with Gasteiger partial charge in [0.15, 0.2) is 11.5 Å². The SMILES string of the molecule is OC(c1cc(Br)c2c(c1)OCO2)c1ccccc1Cl. The summed E-state index contributed by atoms with van der Waals surface area (Å²) in [5.41, 5.74) is 1.36. The third kappa shape index (κ3) is 2.31. The molecule has 2 aromatic rings. The minimum atomic E-state index is -0.806. The van der Waals surface area contributed by atoms with Crippen LogP contribution < -0.4 is 9.47 Å².